The number of nitrogens with zero attached hydrogens (tertiary/aromatic N) is 1. The van der Waals surface area contributed by atoms with Crippen LogP contribution in [0.25, 0.3) is 0 Å². The SMILES string of the molecule is CCC1C(N)C(O)C(=O)C([O-])=C(C(C)(C)C(N)=O)[N+]1=N. The van der Waals surface area contributed by atoms with E-state index in [2.05, 4.69) is 0 Å². The van der Waals surface area contributed by atoms with Gasteiger partial charge >= 0.3 is 0 Å². The minimum absolute atomic E-state index is 0.320. The van der Waals surface area contributed by atoms with Gasteiger partial charge in [0.25, 0.3) is 0 Å². The van der Waals surface area contributed by atoms with Crippen molar-refractivity contribution in [3.63, 3.8) is 0 Å². The van der Waals surface area contributed by atoms with Gasteiger partial charge in [-0.3, -0.25) is 9.59 Å². The first-order valence-corrected chi connectivity index (χ1v) is 6.27. The number of primary amides is 1. The van der Waals surface area contributed by atoms with Gasteiger partial charge in [0.1, 0.15) is 17.6 Å². The number of ketones is 1. The molecule has 6 N–H and O–H groups in total. The van der Waals surface area contributed by atoms with Gasteiger partial charge in [-0.1, -0.05) is 17.2 Å². The van der Waals surface area contributed by atoms with Crippen LogP contribution in [0, 0.1) is 10.9 Å². The van der Waals surface area contributed by atoms with Crippen molar-refractivity contribution in [1.29, 1.82) is 5.53 Å². The molecule has 3 unspecified atom stereocenters. The third-order valence-electron chi connectivity index (χ3n) is 3.72. The Balaban J connectivity index is 3.56. The van der Waals surface area contributed by atoms with Crippen LogP contribution < -0.4 is 16.6 Å². The van der Waals surface area contributed by atoms with Gasteiger partial charge in [-0.05, 0) is 13.8 Å². The molecule has 1 rings (SSSR count). The standard InChI is InChI=1S/C12H20N4O4/c1-4-5-6(13)7(17)8(18)9(19)10(16(5)15)12(2,3)11(14)20/h5-7,17H,4,13H2,1-3H3,(H3-,14,15,19,20). The first-order chi connectivity index (χ1) is 9.07. The van der Waals surface area contributed by atoms with E-state index in [-0.39, 0.29) is 5.70 Å². The molecule has 0 aliphatic carbocycles. The molecular formula is C12H20N4O4. The lowest BCUT2D eigenvalue weighted by atomic mass is 9.86. The van der Waals surface area contributed by atoms with Gasteiger partial charge in [0, 0.05) is 12.2 Å². The number of carbonyl (C=O) groups excluding carboxylic acids is 2. The molecule has 1 aliphatic heterocycles. The summed E-state index contributed by atoms with van der Waals surface area (Å²) in [7, 11) is 0. The summed E-state index contributed by atoms with van der Waals surface area (Å²) in [5.74, 6) is -3.05. The summed E-state index contributed by atoms with van der Waals surface area (Å²) in [6, 6.07) is -1.86. The van der Waals surface area contributed by atoms with Crippen LogP contribution in [-0.2, 0) is 9.59 Å². The van der Waals surface area contributed by atoms with Crippen molar-refractivity contribution in [2.45, 2.75) is 45.4 Å². The number of nitrogens with two attached hydrogens (primary N) is 2. The molecule has 0 radical (unpaired) electrons. The Bertz CT molecular complexity index is 498. The predicted molar refractivity (Wildman–Crippen MR) is 66.0 cm³/mol. The molecular weight excluding hydrogens is 264 g/mol. The lowest BCUT2D eigenvalue weighted by Crippen LogP contribution is -2.51. The maximum Gasteiger partial charge on any atom is 0.233 e. The fourth-order valence-electron chi connectivity index (χ4n) is 2.24. The van der Waals surface area contributed by atoms with Gasteiger partial charge in [0.2, 0.25) is 17.6 Å². The average molecular weight is 284 g/mol. The van der Waals surface area contributed by atoms with Crippen molar-refractivity contribution in [3.8, 4) is 0 Å². The highest BCUT2D eigenvalue weighted by Gasteiger charge is 2.49. The minimum atomic E-state index is -1.69. The molecule has 8 heteroatoms. The zero-order valence-electron chi connectivity index (χ0n) is 11.7. The number of aliphatic hydroxyl groups excluding tert-OH is 1. The van der Waals surface area contributed by atoms with Gasteiger partial charge in [-0.2, -0.15) is 0 Å². The van der Waals surface area contributed by atoms with E-state index in [1.54, 1.807) is 6.92 Å². The summed E-state index contributed by atoms with van der Waals surface area (Å²) in [6.45, 7) is 4.41. The molecule has 0 spiro atoms. The quantitative estimate of drug-likeness (QED) is 0.448. The Kier molecular flexibility index (Phi) is 4.30. The lowest BCUT2D eigenvalue weighted by Gasteiger charge is -2.24. The monoisotopic (exact) mass is 284 g/mol. The molecule has 0 fully saturated rings. The zero-order chi connectivity index (χ0) is 15.8. The topological polar surface area (TPSA) is 156 Å². The Morgan fingerprint density at radius 1 is 1.55 bits per heavy atom. The number of aliphatic hydroxyl groups is 1. The molecule has 8 nitrogen and oxygen atoms in total. The number of rotatable bonds is 3. The fraction of sp³-hybridized carbons (Fsp3) is 0.667. The van der Waals surface area contributed by atoms with Gasteiger partial charge in [0.05, 0.1) is 0 Å². The van der Waals surface area contributed by atoms with Crippen LogP contribution in [0.5, 0.6) is 0 Å². The van der Waals surface area contributed by atoms with Crippen LogP contribution >= 0.6 is 0 Å². The smallest absolute Gasteiger partial charge is 0.233 e. The molecule has 1 amide bonds. The summed E-state index contributed by atoms with van der Waals surface area (Å²) in [4.78, 5) is 23.4. The summed E-state index contributed by atoms with van der Waals surface area (Å²) < 4.78 is 0.756. The Morgan fingerprint density at radius 2 is 2.05 bits per heavy atom. The molecule has 0 saturated heterocycles. The van der Waals surface area contributed by atoms with Gasteiger partial charge in [0.15, 0.2) is 5.78 Å². The second kappa shape index (κ2) is 5.29. The van der Waals surface area contributed by atoms with E-state index in [4.69, 9.17) is 17.0 Å². The first kappa shape index (κ1) is 16.3. The second-order valence-corrected chi connectivity index (χ2v) is 5.40. The Hall–Kier alpha value is -1.80. The van der Waals surface area contributed by atoms with E-state index in [9.17, 15) is 19.8 Å². The molecule has 0 aromatic rings. The molecule has 0 saturated carbocycles. The number of nitrogens with one attached hydrogen (secondary N) is 1. The summed E-state index contributed by atoms with van der Waals surface area (Å²) >= 11 is 0. The molecule has 112 valence electrons. The minimum Gasteiger partial charge on any atom is -0.866 e. The number of Topliss-reactive ketones (excluding diaryl/α,β-unsaturated/α-hetero) is 1. The fourth-order valence-corrected chi connectivity index (χ4v) is 2.24. The van der Waals surface area contributed by atoms with Crippen molar-refractivity contribution in [1.82, 2.24) is 0 Å². The van der Waals surface area contributed by atoms with Crippen LogP contribution in [0.3, 0.4) is 0 Å². The van der Waals surface area contributed by atoms with E-state index in [0.717, 1.165) is 4.70 Å². The second-order valence-electron chi connectivity index (χ2n) is 5.40. The predicted octanol–water partition coefficient (Wildman–Crippen LogP) is -1.84. The van der Waals surface area contributed by atoms with E-state index >= 15 is 0 Å². The largest absolute Gasteiger partial charge is 0.866 e. The van der Waals surface area contributed by atoms with Crippen molar-refractivity contribution < 1.29 is 24.5 Å². The summed E-state index contributed by atoms with van der Waals surface area (Å²) in [5, 5.41) is 22.0. The van der Waals surface area contributed by atoms with Crippen LogP contribution in [0.4, 0.5) is 0 Å². The van der Waals surface area contributed by atoms with E-state index in [1.807, 2.05) is 0 Å². The van der Waals surface area contributed by atoms with Crippen LogP contribution in [0.1, 0.15) is 27.2 Å². The lowest BCUT2D eigenvalue weighted by molar-refractivity contribution is -0.619. The van der Waals surface area contributed by atoms with E-state index in [0.29, 0.717) is 6.42 Å². The van der Waals surface area contributed by atoms with Crippen LogP contribution in [0.2, 0.25) is 0 Å². The maximum absolute atomic E-state index is 12.2. The van der Waals surface area contributed by atoms with Crippen molar-refractivity contribution in [2.75, 3.05) is 0 Å². The number of amides is 1. The Morgan fingerprint density at radius 3 is 2.45 bits per heavy atom. The van der Waals surface area contributed by atoms with Crippen LogP contribution in [-0.4, -0.2) is 39.7 Å². The van der Waals surface area contributed by atoms with E-state index in [1.165, 1.54) is 13.8 Å². The Labute approximate surface area is 116 Å². The number of hydrogen-bond acceptors (Lipinski definition) is 6. The maximum atomic E-state index is 12.2. The highest BCUT2D eigenvalue weighted by molar-refractivity contribution is 5.98. The van der Waals surface area contributed by atoms with Crippen LogP contribution in [0.15, 0.2) is 11.5 Å². The van der Waals surface area contributed by atoms with Crippen molar-refractivity contribution in [3.05, 3.63) is 11.5 Å². The number of hydrogen-bond donors (Lipinski definition) is 4. The third kappa shape index (κ3) is 2.32. The highest BCUT2D eigenvalue weighted by Crippen LogP contribution is 2.32. The molecule has 0 aromatic carbocycles. The van der Waals surface area contributed by atoms with Gasteiger partial charge in [-0.25, -0.2) is 0 Å². The zero-order valence-corrected chi connectivity index (χ0v) is 11.7. The normalized spacial score (nSPS) is 28.6. The summed E-state index contributed by atoms with van der Waals surface area (Å²) in [6.07, 6.45) is -1.37. The highest BCUT2D eigenvalue weighted by atomic mass is 16.3. The number of carbonyl (C=O) groups is 2. The van der Waals surface area contributed by atoms with Gasteiger partial charge < -0.3 is 21.7 Å². The third-order valence-corrected chi connectivity index (χ3v) is 3.72. The molecule has 3 atom stereocenters. The van der Waals surface area contributed by atoms with Crippen molar-refractivity contribution in [2.24, 2.45) is 16.9 Å². The van der Waals surface area contributed by atoms with Gasteiger partial charge in [-0.15, -0.1) is 0 Å². The van der Waals surface area contributed by atoms with E-state index < -0.39 is 41.1 Å². The molecule has 1 heterocycles. The average Bonchev–Trinajstić information content (AvgIpc) is 2.41. The molecule has 0 aromatic heterocycles. The summed E-state index contributed by atoms with van der Waals surface area (Å²) in [5.41, 5.74) is 17.2. The first-order valence-electron chi connectivity index (χ1n) is 6.27. The molecule has 20 heavy (non-hydrogen) atoms. The molecule has 0 bridgehead atoms. The molecule has 1 aliphatic rings. The van der Waals surface area contributed by atoms with Crippen molar-refractivity contribution >= 4 is 11.7 Å².